The lowest BCUT2D eigenvalue weighted by molar-refractivity contribution is 0.713. The average Bonchev–Trinajstić information content (AvgIpc) is 3.14. The van der Waals surface area contributed by atoms with Crippen molar-refractivity contribution in [2.24, 2.45) is 5.84 Å². The highest BCUT2D eigenvalue weighted by Crippen LogP contribution is 2.32. The van der Waals surface area contributed by atoms with Crippen molar-refractivity contribution in [2.75, 3.05) is 16.9 Å². The Morgan fingerprint density at radius 3 is 3.00 bits per heavy atom. The quantitative estimate of drug-likeness (QED) is 0.569. The molecule has 0 bridgehead atoms. The second kappa shape index (κ2) is 5.16. The number of nitrogens with one attached hydrogen (secondary N) is 1. The second-order valence-electron chi connectivity index (χ2n) is 4.32. The third kappa shape index (κ3) is 2.64. The Bertz CT molecular complexity index is 336. The number of nitrogens with zero attached hydrogens (tertiary/aromatic N) is 2. The van der Waals surface area contributed by atoms with Crippen molar-refractivity contribution in [3.05, 3.63) is 18.3 Å². The molecule has 1 aliphatic carbocycles. The minimum Gasteiger partial charge on any atom is -0.368 e. The van der Waals surface area contributed by atoms with E-state index in [2.05, 4.69) is 28.3 Å². The first kappa shape index (κ1) is 11.2. The van der Waals surface area contributed by atoms with Crippen molar-refractivity contribution in [1.82, 2.24) is 4.98 Å². The Labute approximate surface area is 96.8 Å². The highest BCUT2D eigenvalue weighted by atomic mass is 15.3. The molecule has 3 N–H and O–H groups in total. The lowest BCUT2D eigenvalue weighted by Gasteiger charge is -2.24. The Kier molecular flexibility index (Phi) is 3.62. The SMILES string of the molecule is CCCCN(c1ccnc(NN)c1)C1CC1. The molecule has 1 aliphatic rings. The zero-order valence-electron chi connectivity index (χ0n) is 9.82. The lowest BCUT2D eigenvalue weighted by Crippen LogP contribution is -2.27. The molecule has 0 aliphatic heterocycles. The molecule has 0 radical (unpaired) electrons. The maximum atomic E-state index is 5.38. The van der Waals surface area contributed by atoms with Gasteiger partial charge in [0.1, 0.15) is 5.82 Å². The maximum absolute atomic E-state index is 5.38. The van der Waals surface area contributed by atoms with Gasteiger partial charge in [-0.2, -0.15) is 0 Å². The molecule has 1 aromatic rings. The van der Waals surface area contributed by atoms with Gasteiger partial charge in [0, 0.05) is 30.5 Å². The molecule has 4 heteroatoms. The predicted molar refractivity (Wildman–Crippen MR) is 67.3 cm³/mol. The molecular weight excluding hydrogens is 200 g/mol. The average molecular weight is 220 g/mol. The van der Waals surface area contributed by atoms with Crippen molar-refractivity contribution in [1.29, 1.82) is 0 Å². The van der Waals surface area contributed by atoms with E-state index in [0.717, 1.165) is 18.4 Å². The number of aromatic nitrogens is 1. The van der Waals surface area contributed by atoms with Crippen LogP contribution >= 0.6 is 0 Å². The number of anilines is 2. The molecule has 1 heterocycles. The molecule has 1 aromatic heterocycles. The summed E-state index contributed by atoms with van der Waals surface area (Å²) in [7, 11) is 0. The van der Waals surface area contributed by atoms with Gasteiger partial charge < -0.3 is 10.3 Å². The van der Waals surface area contributed by atoms with Crippen LogP contribution in [0.5, 0.6) is 0 Å². The van der Waals surface area contributed by atoms with Crippen molar-refractivity contribution in [3.8, 4) is 0 Å². The summed E-state index contributed by atoms with van der Waals surface area (Å²) in [5.41, 5.74) is 3.83. The number of unbranched alkanes of at least 4 members (excludes halogenated alkanes) is 1. The Morgan fingerprint density at radius 2 is 2.38 bits per heavy atom. The number of nitrogens with two attached hydrogens (primary N) is 1. The van der Waals surface area contributed by atoms with Gasteiger partial charge in [0.05, 0.1) is 0 Å². The van der Waals surface area contributed by atoms with E-state index >= 15 is 0 Å². The molecule has 0 aromatic carbocycles. The maximum Gasteiger partial charge on any atom is 0.141 e. The molecule has 2 rings (SSSR count). The second-order valence-corrected chi connectivity index (χ2v) is 4.32. The van der Waals surface area contributed by atoms with Gasteiger partial charge in [-0.05, 0) is 25.3 Å². The highest BCUT2D eigenvalue weighted by Gasteiger charge is 2.28. The van der Waals surface area contributed by atoms with Crippen LogP contribution in [0.25, 0.3) is 0 Å². The van der Waals surface area contributed by atoms with E-state index in [1.54, 1.807) is 0 Å². The minimum atomic E-state index is 0.736. The summed E-state index contributed by atoms with van der Waals surface area (Å²) in [5, 5.41) is 0. The van der Waals surface area contributed by atoms with Gasteiger partial charge in [-0.15, -0.1) is 0 Å². The van der Waals surface area contributed by atoms with Crippen molar-refractivity contribution in [2.45, 2.75) is 38.6 Å². The van der Waals surface area contributed by atoms with E-state index in [-0.39, 0.29) is 0 Å². The molecule has 0 unspecified atom stereocenters. The summed E-state index contributed by atoms with van der Waals surface area (Å²) in [6.07, 6.45) is 6.92. The monoisotopic (exact) mass is 220 g/mol. The minimum absolute atomic E-state index is 0.736. The zero-order valence-corrected chi connectivity index (χ0v) is 9.82. The highest BCUT2D eigenvalue weighted by molar-refractivity contribution is 5.54. The fourth-order valence-electron chi connectivity index (χ4n) is 1.91. The van der Waals surface area contributed by atoms with Gasteiger partial charge in [-0.25, -0.2) is 10.8 Å². The van der Waals surface area contributed by atoms with Crippen LogP contribution in [0.3, 0.4) is 0 Å². The summed E-state index contributed by atoms with van der Waals surface area (Å²) >= 11 is 0. The Hall–Kier alpha value is -1.29. The van der Waals surface area contributed by atoms with E-state index in [9.17, 15) is 0 Å². The third-order valence-electron chi connectivity index (χ3n) is 2.96. The topological polar surface area (TPSA) is 54.2 Å². The van der Waals surface area contributed by atoms with Gasteiger partial charge >= 0.3 is 0 Å². The first-order valence-electron chi connectivity index (χ1n) is 6.04. The third-order valence-corrected chi connectivity index (χ3v) is 2.96. The molecule has 88 valence electrons. The number of rotatable bonds is 6. The normalized spacial score (nSPS) is 14.9. The van der Waals surface area contributed by atoms with Gasteiger partial charge in [-0.3, -0.25) is 0 Å². The number of hydrazine groups is 1. The van der Waals surface area contributed by atoms with E-state index in [1.807, 2.05) is 12.3 Å². The fraction of sp³-hybridized carbons (Fsp3) is 0.583. The summed E-state index contributed by atoms with van der Waals surface area (Å²) in [5.74, 6) is 6.12. The number of pyridine rings is 1. The van der Waals surface area contributed by atoms with Gasteiger partial charge in [0.15, 0.2) is 0 Å². The van der Waals surface area contributed by atoms with E-state index < -0.39 is 0 Å². The van der Waals surface area contributed by atoms with Crippen LogP contribution in [-0.2, 0) is 0 Å². The molecule has 0 amide bonds. The van der Waals surface area contributed by atoms with Crippen LogP contribution in [0.2, 0.25) is 0 Å². The Morgan fingerprint density at radius 1 is 1.56 bits per heavy atom. The number of nitrogen functional groups attached to an aromatic ring is 1. The Balaban J connectivity index is 2.10. The summed E-state index contributed by atoms with van der Waals surface area (Å²) in [4.78, 5) is 6.62. The molecule has 1 fully saturated rings. The van der Waals surface area contributed by atoms with Crippen molar-refractivity contribution < 1.29 is 0 Å². The predicted octanol–water partition coefficient (Wildman–Crippen LogP) is 2.14. The van der Waals surface area contributed by atoms with E-state index in [1.165, 1.54) is 31.4 Å². The van der Waals surface area contributed by atoms with Crippen LogP contribution in [-0.4, -0.2) is 17.6 Å². The molecule has 16 heavy (non-hydrogen) atoms. The molecular formula is C12H20N4. The van der Waals surface area contributed by atoms with Gasteiger partial charge in [0.25, 0.3) is 0 Å². The zero-order chi connectivity index (χ0) is 11.4. The standard InChI is InChI=1S/C12H20N4/c1-2-3-8-16(10-4-5-10)11-6-7-14-12(9-11)15-13/h6-7,9-10H,2-5,8,13H2,1H3,(H,14,15). The van der Waals surface area contributed by atoms with Crippen molar-refractivity contribution in [3.63, 3.8) is 0 Å². The van der Waals surface area contributed by atoms with Crippen LogP contribution in [0.4, 0.5) is 11.5 Å². The first-order chi connectivity index (χ1) is 7.85. The summed E-state index contributed by atoms with van der Waals surface area (Å²) < 4.78 is 0. The van der Waals surface area contributed by atoms with Crippen LogP contribution < -0.4 is 16.2 Å². The number of hydrogen-bond donors (Lipinski definition) is 2. The van der Waals surface area contributed by atoms with Gasteiger partial charge in [-0.1, -0.05) is 13.3 Å². The summed E-state index contributed by atoms with van der Waals surface area (Å²) in [6, 6.07) is 4.82. The lowest BCUT2D eigenvalue weighted by atomic mass is 10.2. The fourth-order valence-corrected chi connectivity index (χ4v) is 1.91. The van der Waals surface area contributed by atoms with Gasteiger partial charge in [0.2, 0.25) is 0 Å². The first-order valence-corrected chi connectivity index (χ1v) is 6.04. The van der Waals surface area contributed by atoms with Crippen LogP contribution in [0.1, 0.15) is 32.6 Å². The largest absolute Gasteiger partial charge is 0.368 e. The van der Waals surface area contributed by atoms with Crippen molar-refractivity contribution >= 4 is 11.5 Å². The summed E-state index contributed by atoms with van der Waals surface area (Å²) in [6.45, 7) is 3.36. The van der Waals surface area contributed by atoms with E-state index in [4.69, 9.17) is 5.84 Å². The van der Waals surface area contributed by atoms with Crippen LogP contribution in [0.15, 0.2) is 18.3 Å². The van der Waals surface area contributed by atoms with E-state index in [0.29, 0.717) is 0 Å². The van der Waals surface area contributed by atoms with Crippen LogP contribution in [0, 0.1) is 0 Å². The number of hydrogen-bond acceptors (Lipinski definition) is 4. The smallest absolute Gasteiger partial charge is 0.141 e. The molecule has 4 nitrogen and oxygen atoms in total. The molecule has 1 saturated carbocycles. The molecule has 0 atom stereocenters. The molecule has 0 saturated heterocycles. The molecule has 0 spiro atoms.